The fourth-order valence-corrected chi connectivity index (χ4v) is 1.01. The average Bonchev–Trinajstić information content (AvgIpc) is 2.48. The van der Waals surface area contributed by atoms with Crippen molar-refractivity contribution in [2.45, 2.75) is 20.8 Å². The van der Waals surface area contributed by atoms with Crippen LogP contribution in [0.15, 0.2) is 18.6 Å². The Morgan fingerprint density at radius 1 is 1.42 bits per heavy atom. The van der Waals surface area contributed by atoms with Gasteiger partial charge in [0.1, 0.15) is 12.0 Å². The van der Waals surface area contributed by atoms with Crippen LogP contribution in [0, 0.1) is 6.92 Å². The topological polar surface area (TPSA) is 41.6 Å². The van der Waals surface area contributed by atoms with Crippen LogP contribution in [0.5, 0.6) is 0 Å². The minimum atomic E-state index is 0. The molecule has 3 heteroatoms. The first-order valence-electron chi connectivity index (χ1n) is 4.11. The van der Waals surface area contributed by atoms with Crippen molar-refractivity contribution in [3.8, 4) is 0 Å². The number of H-pyrrole nitrogens is 1. The zero-order chi connectivity index (χ0) is 8.97. The van der Waals surface area contributed by atoms with E-state index < -0.39 is 0 Å². The fourth-order valence-electron chi connectivity index (χ4n) is 1.01. The van der Waals surface area contributed by atoms with E-state index in [2.05, 4.69) is 15.0 Å². The van der Waals surface area contributed by atoms with Crippen molar-refractivity contribution in [2.24, 2.45) is 0 Å². The van der Waals surface area contributed by atoms with Gasteiger partial charge < -0.3 is 4.98 Å². The summed E-state index contributed by atoms with van der Waals surface area (Å²) in [6, 6.07) is 2.02. The number of hydrogen-bond acceptors (Lipinski definition) is 2. The van der Waals surface area contributed by atoms with E-state index in [-0.39, 0.29) is 1.43 Å². The molecule has 0 unspecified atom stereocenters. The number of nitrogens with one attached hydrogen (secondary N) is 1. The molecule has 66 valence electrons. The van der Waals surface area contributed by atoms with Crippen LogP contribution in [0.2, 0.25) is 0 Å². The van der Waals surface area contributed by atoms with Crippen LogP contribution in [-0.4, -0.2) is 15.0 Å². The molecule has 0 saturated heterocycles. The monoisotopic (exact) mass is 165 g/mol. The van der Waals surface area contributed by atoms with Gasteiger partial charge in [0.25, 0.3) is 0 Å². The van der Waals surface area contributed by atoms with Gasteiger partial charge in [-0.25, -0.2) is 9.97 Å². The van der Waals surface area contributed by atoms with Gasteiger partial charge in [0.15, 0.2) is 0 Å². The first kappa shape index (κ1) is 8.71. The van der Waals surface area contributed by atoms with Crippen LogP contribution in [0.1, 0.15) is 21.0 Å². The van der Waals surface area contributed by atoms with Gasteiger partial charge in [0.05, 0.1) is 0 Å². The SMILES string of the molecule is CC.Cc1cc2cncnc2[nH]1.[HH]. The maximum Gasteiger partial charge on any atom is 0.140 e. The molecule has 3 nitrogen and oxygen atoms in total. The van der Waals surface area contributed by atoms with Gasteiger partial charge in [-0.2, -0.15) is 0 Å². The summed E-state index contributed by atoms with van der Waals surface area (Å²) in [4.78, 5) is 11.0. The molecule has 0 radical (unpaired) electrons. The standard InChI is InChI=1S/C7H7N3.C2H6.H2/c1-5-2-6-3-8-4-9-7(6)10-5;1-2;/h2-4H,1H3,(H,8,9,10);1-2H3;1H. The first-order chi connectivity index (χ1) is 5.86. The molecular formula is C9H15N3. The van der Waals surface area contributed by atoms with E-state index in [0.717, 1.165) is 16.7 Å². The molecule has 2 aromatic heterocycles. The zero-order valence-corrected chi connectivity index (χ0v) is 7.63. The molecule has 0 fully saturated rings. The number of aryl methyl sites for hydroxylation is 1. The highest BCUT2D eigenvalue weighted by Crippen LogP contribution is 2.08. The molecule has 12 heavy (non-hydrogen) atoms. The van der Waals surface area contributed by atoms with Crippen LogP contribution in [0.25, 0.3) is 11.0 Å². The number of rotatable bonds is 0. The smallest absolute Gasteiger partial charge is 0.140 e. The molecule has 0 spiro atoms. The quantitative estimate of drug-likeness (QED) is 0.651. The van der Waals surface area contributed by atoms with Gasteiger partial charge in [-0.3, -0.25) is 0 Å². The molecule has 0 aliphatic heterocycles. The fraction of sp³-hybridized carbons (Fsp3) is 0.333. The van der Waals surface area contributed by atoms with Crippen LogP contribution in [0.3, 0.4) is 0 Å². The molecular weight excluding hydrogens is 150 g/mol. The summed E-state index contributed by atoms with van der Waals surface area (Å²) in [6.45, 7) is 6.00. The lowest BCUT2D eigenvalue weighted by Gasteiger charge is -1.82. The zero-order valence-electron chi connectivity index (χ0n) is 7.63. The summed E-state index contributed by atoms with van der Waals surface area (Å²) in [7, 11) is 0. The normalized spacial score (nSPS) is 9.25. The van der Waals surface area contributed by atoms with Crippen LogP contribution >= 0.6 is 0 Å². The van der Waals surface area contributed by atoms with E-state index in [0.29, 0.717) is 0 Å². The van der Waals surface area contributed by atoms with Crippen LogP contribution in [-0.2, 0) is 0 Å². The molecule has 0 aliphatic rings. The van der Waals surface area contributed by atoms with Crippen molar-refractivity contribution in [3.63, 3.8) is 0 Å². The molecule has 2 rings (SSSR count). The number of aromatic nitrogens is 3. The summed E-state index contributed by atoms with van der Waals surface area (Å²) in [5, 5.41) is 1.07. The number of hydrogen-bond donors (Lipinski definition) is 1. The Morgan fingerprint density at radius 2 is 2.17 bits per heavy atom. The lowest BCUT2D eigenvalue weighted by Crippen LogP contribution is -1.76. The molecule has 2 heterocycles. The Bertz CT molecular complexity index is 323. The van der Waals surface area contributed by atoms with E-state index in [9.17, 15) is 0 Å². The maximum atomic E-state index is 4.04. The van der Waals surface area contributed by atoms with Crippen molar-refractivity contribution in [2.75, 3.05) is 0 Å². The van der Waals surface area contributed by atoms with Gasteiger partial charge in [0.2, 0.25) is 0 Å². The third-order valence-corrected chi connectivity index (χ3v) is 1.43. The van der Waals surface area contributed by atoms with Gasteiger partial charge >= 0.3 is 0 Å². The Kier molecular flexibility index (Phi) is 2.80. The van der Waals surface area contributed by atoms with Crippen LogP contribution < -0.4 is 0 Å². The first-order valence-corrected chi connectivity index (χ1v) is 4.11. The van der Waals surface area contributed by atoms with Gasteiger partial charge in [-0.1, -0.05) is 13.8 Å². The highest BCUT2D eigenvalue weighted by Gasteiger charge is 1.94. The highest BCUT2D eigenvalue weighted by atomic mass is 14.9. The Balaban J connectivity index is 0.000000451. The molecule has 0 atom stereocenters. The second-order valence-electron chi connectivity index (χ2n) is 2.28. The van der Waals surface area contributed by atoms with E-state index in [1.165, 1.54) is 6.33 Å². The van der Waals surface area contributed by atoms with Crippen molar-refractivity contribution in [1.29, 1.82) is 0 Å². The van der Waals surface area contributed by atoms with E-state index in [1.54, 1.807) is 6.20 Å². The van der Waals surface area contributed by atoms with Crippen LogP contribution in [0.4, 0.5) is 0 Å². The predicted molar refractivity (Wildman–Crippen MR) is 52.1 cm³/mol. The van der Waals surface area contributed by atoms with E-state index >= 15 is 0 Å². The summed E-state index contributed by atoms with van der Waals surface area (Å²) in [5.74, 6) is 0. The van der Waals surface area contributed by atoms with E-state index in [4.69, 9.17) is 0 Å². The second-order valence-corrected chi connectivity index (χ2v) is 2.28. The molecule has 0 aliphatic carbocycles. The van der Waals surface area contributed by atoms with Gasteiger partial charge in [0, 0.05) is 18.7 Å². The van der Waals surface area contributed by atoms with Crippen molar-refractivity contribution in [3.05, 3.63) is 24.3 Å². The molecule has 0 amide bonds. The minimum absolute atomic E-state index is 0. The number of aromatic amines is 1. The highest BCUT2D eigenvalue weighted by molar-refractivity contribution is 5.74. The third kappa shape index (κ3) is 1.61. The summed E-state index contributed by atoms with van der Waals surface area (Å²) in [5.41, 5.74) is 2.03. The van der Waals surface area contributed by atoms with Gasteiger partial charge in [-0.15, -0.1) is 0 Å². The number of nitrogens with zero attached hydrogens (tertiary/aromatic N) is 2. The van der Waals surface area contributed by atoms with Crippen molar-refractivity contribution < 1.29 is 1.43 Å². The summed E-state index contributed by atoms with van der Waals surface area (Å²) in [6.07, 6.45) is 3.34. The Hall–Kier alpha value is -1.38. The summed E-state index contributed by atoms with van der Waals surface area (Å²) >= 11 is 0. The molecule has 1 N–H and O–H groups in total. The average molecular weight is 165 g/mol. The van der Waals surface area contributed by atoms with Gasteiger partial charge in [-0.05, 0) is 13.0 Å². The van der Waals surface area contributed by atoms with E-state index in [1.807, 2.05) is 26.8 Å². The lowest BCUT2D eigenvalue weighted by atomic mass is 10.4. The molecule has 0 aromatic carbocycles. The molecule has 0 bridgehead atoms. The minimum Gasteiger partial charge on any atom is -0.343 e. The summed E-state index contributed by atoms with van der Waals surface area (Å²) < 4.78 is 0. The lowest BCUT2D eigenvalue weighted by molar-refractivity contribution is 1.18. The Morgan fingerprint density at radius 3 is 2.83 bits per heavy atom. The molecule has 0 saturated carbocycles. The maximum absolute atomic E-state index is 4.04. The Labute approximate surface area is 73.3 Å². The number of fused-ring (bicyclic) bond motifs is 1. The van der Waals surface area contributed by atoms with Crippen molar-refractivity contribution in [1.82, 2.24) is 15.0 Å². The van der Waals surface area contributed by atoms with Crippen molar-refractivity contribution >= 4 is 11.0 Å². The second kappa shape index (κ2) is 3.85. The molecule has 2 aromatic rings. The predicted octanol–water partition coefficient (Wildman–Crippen LogP) is 2.54. The largest absolute Gasteiger partial charge is 0.343 e. The third-order valence-electron chi connectivity index (χ3n) is 1.43.